The zero-order chi connectivity index (χ0) is 11.2. The van der Waals surface area contributed by atoms with Crippen molar-refractivity contribution in [3.63, 3.8) is 0 Å². The molecule has 16 heavy (non-hydrogen) atoms. The molecule has 2 rings (SSSR count). The number of alkyl halides is 1. The van der Waals surface area contributed by atoms with Gasteiger partial charge in [-0.05, 0) is 30.9 Å². The van der Waals surface area contributed by atoms with Crippen LogP contribution in [0.25, 0.3) is 11.0 Å². The van der Waals surface area contributed by atoms with Crippen molar-refractivity contribution < 1.29 is 4.42 Å². The van der Waals surface area contributed by atoms with E-state index >= 15 is 0 Å². The second-order valence-corrected chi connectivity index (χ2v) is 4.90. The zero-order valence-corrected chi connectivity index (χ0v) is 11.0. The van der Waals surface area contributed by atoms with E-state index in [2.05, 4.69) is 28.1 Å². The molecular weight excluding hydrogens is 264 g/mol. The molecule has 0 aliphatic heterocycles. The first kappa shape index (κ1) is 11.7. The van der Waals surface area contributed by atoms with Gasteiger partial charge in [0.15, 0.2) is 0 Å². The Kier molecular flexibility index (Phi) is 4.46. The van der Waals surface area contributed by atoms with E-state index in [0.29, 0.717) is 0 Å². The van der Waals surface area contributed by atoms with Gasteiger partial charge in [-0.1, -0.05) is 47.0 Å². The first-order valence-corrected chi connectivity index (χ1v) is 7.05. The van der Waals surface area contributed by atoms with Crippen LogP contribution in [0, 0.1) is 0 Å². The normalized spacial score (nSPS) is 11.1. The average molecular weight is 281 g/mol. The molecule has 1 heterocycles. The van der Waals surface area contributed by atoms with Crippen LogP contribution >= 0.6 is 15.9 Å². The lowest BCUT2D eigenvalue weighted by molar-refractivity contribution is 0.604. The van der Waals surface area contributed by atoms with Gasteiger partial charge in [0, 0.05) is 10.7 Å². The van der Waals surface area contributed by atoms with Gasteiger partial charge >= 0.3 is 0 Å². The lowest BCUT2D eigenvalue weighted by Crippen LogP contribution is -1.84. The minimum absolute atomic E-state index is 1.01. The Morgan fingerprint density at radius 3 is 2.69 bits per heavy atom. The first-order valence-electron chi connectivity index (χ1n) is 5.93. The van der Waals surface area contributed by atoms with E-state index in [-0.39, 0.29) is 0 Å². The molecule has 2 heteroatoms. The highest BCUT2D eigenvalue weighted by Crippen LogP contribution is 2.22. The Labute approximate surface area is 105 Å². The molecule has 1 aromatic carbocycles. The van der Waals surface area contributed by atoms with Gasteiger partial charge in [0.1, 0.15) is 5.58 Å². The van der Waals surface area contributed by atoms with E-state index in [4.69, 9.17) is 4.42 Å². The second kappa shape index (κ2) is 6.09. The lowest BCUT2D eigenvalue weighted by Gasteiger charge is -1.98. The molecule has 0 spiro atoms. The molecule has 0 amide bonds. The molecule has 1 aromatic heterocycles. The summed E-state index contributed by atoms with van der Waals surface area (Å²) in [5, 5.41) is 2.41. The van der Waals surface area contributed by atoms with E-state index < -0.39 is 0 Å². The number of para-hydroxylation sites is 1. The van der Waals surface area contributed by atoms with Crippen LogP contribution in [0.4, 0.5) is 0 Å². The summed E-state index contributed by atoms with van der Waals surface area (Å²) in [6.45, 7) is 0. The number of hydrogen-bond acceptors (Lipinski definition) is 1. The van der Waals surface area contributed by atoms with E-state index in [1.807, 2.05) is 18.4 Å². The van der Waals surface area contributed by atoms with Crippen molar-refractivity contribution in [1.29, 1.82) is 0 Å². The maximum Gasteiger partial charge on any atom is 0.134 e. The lowest BCUT2D eigenvalue weighted by atomic mass is 10.1. The fraction of sp³-hybridized carbons (Fsp3) is 0.429. The largest absolute Gasteiger partial charge is 0.464 e. The highest BCUT2D eigenvalue weighted by Gasteiger charge is 2.03. The number of furan rings is 1. The van der Waals surface area contributed by atoms with Crippen LogP contribution < -0.4 is 0 Å². The molecule has 0 N–H and O–H groups in total. The number of hydrogen-bond donors (Lipinski definition) is 0. The van der Waals surface area contributed by atoms with E-state index in [9.17, 15) is 0 Å². The summed E-state index contributed by atoms with van der Waals surface area (Å²) in [4.78, 5) is 0. The maximum atomic E-state index is 5.52. The van der Waals surface area contributed by atoms with Gasteiger partial charge in [0.2, 0.25) is 0 Å². The number of unbranched alkanes of at least 4 members (excludes halogenated alkanes) is 3. The Hall–Kier alpha value is -0.760. The first-order chi connectivity index (χ1) is 7.92. The molecule has 2 aromatic rings. The minimum Gasteiger partial charge on any atom is -0.464 e. The Bertz CT molecular complexity index is 433. The van der Waals surface area contributed by atoms with Crippen molar-refractivity contribution in [2.24, 2.45) is 0 Å². The summed E-state index contributed by atoms with van der Waals surface area (Å²) >= 11 is 3.46. The molecule has 0 saturated carbocycles. The van der Waals surface area contributed by atoms with Crippen molar-refractivity contribution in [3.05, 3.63) is 36.1 Å². The van der Waals surface area contributed by atoms with Gasteiger partial charge in [0.25, 0.3) is 0 Å². The van der Waals surface area contributed by atoms with E-state index in [1.54, 1.807) is 0 Å². The van der Waals surface area contributed by atoms with Crippen LogP contribution in [-0.2, 0) is 6.42 Å². The third-order valence-electron chi connectivity index (χ3n) is 2.89. The van der Waals surface area contributed by atoms with Crippen LogP contribution in [-0.4, -0.2) is 5.33 Å². The van der Waals surface area contributed by atoms with Crippen molar-refractivity contribution in [1.82, 2.24) is 0 Å². The highest BCUT2D eigenvalue weighted by molar-refractivity contribution is 9.09. The average Bonchev–Trinajstić information content (AvgIpc) is 2.73. The molecule has 0 unspecified atom stereocenters. The third kappa shape index (κ3) is 2.88. The van der Waals surface area contributed by atoms with E-state index in [1.165, 1.54) is 36.6 Å². The quantitative estimate of drug-likeness (QED) is 0.540. The Balaban J connectivity index is 1.89. The number of halogens is 1. The van der Waals surface area contributed by atoms with Gasteiger partial charge < -0.3 is 4.42 Å². The molecule has 0 fully saturated rings. The van der Waals surface area contributed by atoms with Crippen molar-refractivity contribution >= 4 is 26.9 Å². The molecule has 0 radical (unpaired) electrons. The topological polar surface area (TPSA) is 13.1 Å². The molecule has 0 atom stereocenters. The van der Waals surface area contributed by atoms with Crippen LogP contribution in [0.2, 0.25) is 0 Å². The van der Waals surface area contributed by atoms with Gasteiger partial charge in [-0.25, -0.2) is 0 Å². The van der Waals surface area contributed by atoms with Gasteiger partial charge in [0.05, 0.1) is 6.26 Å². The molecule has 1 nitrogen and oxygen atoms in total. The van der Waals surface area contributed by atoms with Crippen molar-refractivity contribution in [2.45, 2.75) is 32.1 Å². The smallest absolute Gasteiger partial charge is 0.134 e. The Morgan fingerprint density at radius 2 is 1.81 bits per heavy atom. The molecule has 0 aliphatic carbocycles. The van der Waals surface area contributed by atoms with Crippen LogP contribution in [0.1, 0.15) is 31.2 Å². The summed E-state index contributed by atoms with van der Waals surface area (Å²) in [5.41, 5.74) is 2.37. The van der Waals surface area contributed by atoms with Gasteiger partial charge in [-0.2, -0.15) is 0 Å². The predicted octanol–water partition coefficient (Wildman–Crippen LogP) is 4.93. The summed E-state index contributed by atoms with van der Waals surface area (Å²) < 4.78 is 5.52. The summed E-state index contributed by atoms with van der Waals surface area (Å²) in [7, 11) is 0. The molecular formula is C14H17BrO. The molecule has 0 saturated heterocycles. The highest BCUT2D eigenvalue weighted by atomic mass is 79.9. The number of aryl methyl sites for hydroxylation is 1. The van der Waals surface area contributed by atoms with Crippen LogP contribution in [0.5, 0.6) is 0 Å². The SMILES string of the molecule is BrCCCCCCc1coc2ccccc12. The summed E-state index contributed by atoms with van der Waals surface area (Å²) in [6.07, 6.45) is 8.23. The van der Waals surface area contributed by atoms with E-state index in [0.717, 1.165) is 17.3 Å². The summed E-state index contributed by atoms with van der Waals surface area (Å²) in [5.74, 6) is 0. The minimum atomic E-state index is 1.01. The predicted molar refractivity (Wildman–Crippen MR) is 72.2 cm³/mol. The third-order valence-corrected chi connectivity index (χ3v) is 3.45. The fourth-order valence-corrected chi connectivity index (χ4v) is 2.39. The molecule has 0 bridgehead atoms. The van der Waals surface area contributed by atoms with Crippen LogP contribution in [0.3, 0.4) is 0 Å². The number of fused-ring (bicyclic) bond motifs is 1. The van der Waals surface area contributed by atoms with Gasteiger partial charge in [-0.3, -0.25) is 0 Å². The van der Waals surface area contributed by atoms with Gasteiger partial charge in [-0.15, -0.1) is 0 Å². The second-order valence-electron chi connectivity index (χ2n) is 4.11. The molecule has 0 aliphatic rings. The molecule has 86 valence electrons. The van der Waals surface area contributed by atoms with Crippen LogP contribution in [0.15, 0.2) is 34.9 Å². The standard InChI is InChI=1S/C14H17BrO/c15-10-6-2-1-3-7-12-11-16-14-9-5-4-8-13(12)14/h4-5,8-9,11H,1-3,6-7,10H2. The van der Waals surface area contributed by atoms with Crippen molar-refractivity contribution in [2.75, 3.05) is 5.33 Å². The maximum absolute atomic E-state index is 5.52. The summed E-state index contributed by atoms with van der Waals surface area (Å²) in [6, 6.07) is 8.27. The zero-order valence-electron chi connectivity index (χ0n) is 9.42. The van der Waals surface area contributed by atoms with Crippen molar-refractivity contribution in [3.8, 4) is 0 Å². The fourth-order valence-electron chi connectivity index (χ4n) is 1.99. The number of rotatable bonds is 6. The Morgan fingerprint density at radius 1 is 1.00 bits per heavy atom. The monoisotopic (exact) mass is 280 g/mol. The number of benzene rings is 1.